The number of carbonyl (C=O) groups excluding carboxylic acids is 1. The number of benzene rings is 1. The molecule has 0 fully saturated rings. The summed E-state index contributed by atoms with van der Waals surface area (Å²) in [4.78, 5) is 12.3. The fourth-order valence-electron chi connectivity index (χ4n) is 1.97. The van der Waals surface area contributed by atoms with Crippen LogP contribution in [0.4, 0.5) is 0 Å². The van der Waals surface area contributed by atoms with Gasteiger partial charge in [0.1, 0.15) is 5.56 Å². The lowest BCUT2D eigenvalue weighted by molar-refractivity contribution is 0.0494. The standard InChI is InChI=1S/C19H30O4/c1-4-7-13-21-17-12-10-11-16(18(17)22-14-8-5-2)19(20)23-15-9-6-3/h10-12H,4-9,13-15H2,1-3H3. The molecule has 0 spiro atoms. The number of rotatable bonds is 12. The molecule has 1 aromatic carbocycles. The monoisotopic (exact) mass is 322 g/mol. The Hall–Kier alpha value is -1.71. The van der Waals surface area contributed by atoms with Crippen molar-refractivity contribution < 1.29 is 19.0 Å². The highest BCUT2D eigenvalue weighted by atomic mass is 16.5. The quantitative estimate of drug-likeness (QED) is 0.401. The second kappa shape index (κ2) is 11.8. The van der Waals surface area contributed by atoms with Gasteiger partial charge in [-0.2, -0.15) is 0 Å². The van der Waals surface area contributed by atoms with Gasteiger partial charge in [0.05, 0.1) is 19.8 Å². The highest BCUT2D eigenvalue weighted by Crippen LogP contribution is 2.32. The van der Waals surface area contributed by atoms with Crippen LogP contribution >= 0.6 is 0 Å². The van der Waals surface area contributed by atoms with Gasteiger partial charge in [-0.05, 0) is 31.4 Å². The first-order valence-corrected chi connectivity index (χ1v) is 8.80. The molecule has 0 saturated carbocycles. The van der Waals surface area contributed by atoms with Crippen LogP contribution in [-0.2, 0) is 4.74 Å². The molecule has 1 aromatic rings. The molecule has 0 saturated heterocycles. The van der Waals surface area contributed by atoms with Crippen molar-refractivity contribution >= 4 is 5.97 Å². The zero-order chi connectivity index (χ0) is 16.9. The van der Waals surface area contributed by atoms with E-state index in [-0.39, 0.29) is 5.97 Å². The summed E-state index contributed by atoms with van der Waals surface area (Å²) in [5, 5.41) is 0. The van der Waals surface area contributed by atoms with Crippen molar-refractivity contribution in [1.29, 1.82) is 0 Å². The number of ether oxygens (including phenoxy) is 3. The lowest BCUT2D eigenvalue weighted by Gasteiger charge is -2.16. The van der Waals surface area contributed by atoms with Crippen LogP contribution in [0.3, 0.4) is 0 Å². The molecular formula is C19H30O4. The Morgan fingerprint density at radius 1 is 0.870 bits per heavy atom. The van der Waals surface area contributed by atoms with Crippen molar-refractivity contribution in [2.24, 2.45) is 0 Å². The average Bonchev–Trinajstić information content (AvgIpc) is 2.56. The molecule has 1 rings (SSSR count). The molecule has 0 N–H and O–H groups in total. The summed E-state index contributed by atoms with van der Waals surface area (Å²) in [5.74, 6) is 0.795. The Bertz CT molecular complexity index is 457. The van der Waals surface area contributed by atoms with E-state index in [9.17, 15) is 4.79 Å². The van der Waals surface area contributed by atoms with Gasteiger partial charge in [0.15, 0.2) is 11.5 Å². The van der Waals surface area contributed by atoms with Crippen molar-refractivity contribution in [3.05, 3.63) is 23.8 Å². The van der Waals surface area contributed by atoms with Gasteiger partial charge in [0.25, 0.3) is 0 Å². The maximum absolute atomic E-state index is 12.3. The van der Waals surface area contributed by atoms with Crippen LogP contribution in [0.15, 0.2) is 18.2 Å². The summed E-state index contributed by atoms with van der Waals surface area (Å²) >= 11 is 0. The molecule has 23 heavy (non-hydrogen) atoms. The number of carbonyl (C=O) groups is 1. The molecule has 4 nitrogen and oxygen atoms in total. The molecule has 0 aliphatic rings. The average molecular weight is 322 g/mol. The Labute approximate surface area is 140 Å². The minimum absolute atomic E-state index is 0.342. The molecule has 0 atom stereocenters. The van der Waals surface area contributed by atoms with E-state index in [1.807, 2.05) is 12.1 Å². The van der Waals surface area contributed by atoms with Crippen LogP contribution in [-0.4, -0.2) is 25.8 Å². The van der Waals surface area contributed by atoms with Crippen LogP contribution in [0.5, 0.6) is 11.5 Å². The molecule has 0 unspecified atom stereocenters. The van der Waals surface area contributed by atoms with Crippen molar-refractivity contribution in [3.63, 3.8) is 0 Å². The third-order valence-electron chi connectivity index (χ3n) is 3.43. The summed E-state index contributed by atoms with van der Waals surface area (Å²) in [6.45, 7) is 7.91. The van der Waals surface area contributed by atoms with Crippen molar-refractivity contribution in [2.75, 3.05) is 19.8 Å². The Balaban J connectivity index is 2.87. The number of unbranched alkanes of at least 4 members (excludes halogenated alkanes) is 3. The van der Waals surface area contributed by atoms with Crippen molar-refractivity contribution in [3.8, 4) is 11.5 Å². The maximum atomic E-state index is 12.3. The fraction of sp³-hybridized carbons (Fsp3) is 0.632. The summed E-state index contributed by atoms with van der Waals surface area (Å²) < 4.78 is 17.0. The van der Waals surface area contributed by atoms with Gasteiger partial charge in [-0.3, -0.25) is 0 Å². The molecule has 0 heterocycles. The summed E-state index contributed by atoms with van der Waals surface area (Å²) in [7, 11) is 0. The van der Waals surface area contributed by atoms with E-state index in [1.165, 1.54) is 0 Å². The molecule has 0 aliphatic heterocycles. The predicted molar refractivity (Wildman–Crippen MR) is 92.4 cm³/mol. The Kier molecular flexibility index (Phi) is 9.92. The number of hydrogen-bond donors (Lipinski definition) is 0. The summed E-state index contributed by atoms with van der Waals surface area (Å²) in [6, 6.07) is 5.40. The first kappa shape index (κ1) is 19.3. The smallest absolute Gasteiger partial charge is 0.342 e. The first-order valence-electron chi connectivity index (χ1n) is 8.80. The molecule has 0 bridgehead atoms. The third-order valence-corrected chi connectivity index (χ3v) is 3.43. The van der Waals surface area contributed by atoms with Crippen LogP contribution in [0.25, 0.3) is 0 Å². The van der Waals surface area contributed by atoms with Crippen molar-refractivity contribution in [2.45, 2.75) is 59.3 Å². The predicted octanol–water partition coefficient (Wildman–Crippen LogP) is 5.00. The van der Waals surface area contributed by atoms with E-state index >= 15 is 0 Å². The van der Waals surface area contributed by atoms with Crippen LogP contribution in [0.2, 0.25) is 0 Å². The van der Waals surface area contributed by atoms with Gasteiger partial charge in [-0.1, -0.05) is 46.1 Å². The van der Waals surface area contributed by atoms with Crippen molar-refractivity contribution in [1.82, 2.24) is 0 Å². The van der Waals surface area contributed by atoms with E-state index in [2.05, 4.69) is 20.8 Å². The highest BCUT2D eigenvalue weighted by molar-refractivity contribution is 5.93. The van der Waals surface area contributed by atoms with E-state index < -0.39 is 0 Å². The lowest BCUT2D eigenvalue weighted by Crippen LogP contribution is -2.11. The van der Waals surface area contributed by atoms with Crippen LogP contribution in [0, 0.1) is 0 Å². The normalized spacial score (nSPS) is 10.4. The molecule has 0 aliphatic carbocycles. The molecule has 0 radical (unpaired) electrons. The van der Waals surface area contributed by atoms with Gasteiger partial charge in [-0.25, -0.2) is 4.79 Å². The highest BCUT2D eigenvalue weighted by Gasteiger charge is 2.18. The van der Waals surface area contributed by atoms with Crippen LogP contribution in [0.1, 0.15) is 69.7 Å². The number of para-hydroxylation sites is 1. The van der Waals surface area contributed by atoms with Gasteiger partial charge in [0, 0.05) is 0 Å². The van der Waals surface area contributed by atoms with E-state index in [0.29, 0.717) is 36.9 Å². The molecule has 0 aromatic heterocycles. The minimum atomic E-state index is -0.342. The topological polar surface area (TPSA) is 44.8 Å². The number of hydrogen-bond acceptors (Lipinski definition) is 4. The second-order valence-corrected chi connectivity index (χ2v) is 5.53. The maximum Gasteiger partial charge on any atom is 0.342 e. The zero-order valence-electron chi connectivity index (χ0n) is 14.7. The SMILES string of the molecule is CCCCOC(=O)c1cccc(OCCCC)c1OCCCC. The summed E-state index contributed by atoms with van der Waals surface area (Å²) in [6.07, 6.45) is 5.87. The first-order chi connectivity index (χ1) is 11.2. The van der Waals surface area contributed by atoms with Gasteiger partial charge in [0.2, 0.25) is 0 Å². The minimum Gasteiger partial charge on any atom is -0.490 e. The van der Waals surface area contributed by atoms with Gasteiger partial charge >= 0.3 is 5.97 Å². The molecule has 4 heteroatoms. The third kappa shape index (κ3) is 6.93. The molecule has 130 valence electrons. The zero-order valence-corrected chi connectivity index (χ0v) is 14.7. The Morgan fingerprint density at radius 2 is 1.48 bits per heavy atom. The van der Waals surface area contributed by atoms with Gasteiger partial charge in [-0.15, -0.1) is 0 Å². The summed E-state index contributed by atoms with van der Waals surface area (Å²) in [5.41, 5.74) is 0.450. The fourth-order valence-corrected chi connectivity index (χ4v) is 1.97. The number of esters is 1. The second-order valence-electron chi connectivity index (χ2n) is 5.53. The van der Waals surface area contributed by atoms with E-state index in [4.69, 9.17) is 14.2 Å². The van der Waals surface area contributed by atoms with E-state index in [1.54, 1.807) is 6.07 Å². The largest absolute Gasteiger partial charge is 0.490 e. The van der Waals surface area contributed by atoms with Crippen LogP contribution < -0.4 is 9.47 Å². The lowest BCUT2D eigenvalue weighted by atomic mass is 10.2. The Morgan fingerprint density at radius 3 is 2.13 bits per heavy atom. The van der Waals surface area contributed by atoms with E-state index in [0.717, 1.165) is 38.5 Å². The van der Waals surface area contributed by atoms with Gasteiger partial charge < -0.3 is 14.2 Å². The molecular weight excluding hydrogens is 292 g/mol. The molecule has 0 amide bonds.